The molecule has 2 fully saturated rings. The first-order valence-electron chi connectivity index (χ1n) is 11.0. The molecule has 0 radical (unpaired) electrons. The highest BCUT2D eigenvalue weighted by Crippen LogP contribution is 2.41. The third-order valence-corrected chi connectivity index (χ3v) is 9.03. The van der Waals surface area contributed by atoms with Crippen molar-refractivity contribution in [1.82, 2.24) is 0 Å². The van der Waals surface area contributed by atoms with Crippen LogP contribution in [0.25, 0.3) is 0 Å². The Kier molecular flexibility index (Phi) is 6.18. The van der Waals surface area contributed by atoms with Gasteiger partial charge in [0.25, 0.3) is 5.91 Å². The summed E-state index contributed by atoms with van der Waals surface area (Å²) in [5, 5.41) is 0.412. The molecule has 2 saturated heterocycles. The van der Waals surface area contributed by atoms with Crippen molar-refractivity contribution in [2.45, 2.75) is 24.6 Å². The highest BCUT2D eigenvalue weighted by atomic mass is 32.2. The average Bonchev–Trinajstić information content (AvgIpc) is 3.25. The maximum atomic E-state index is 12.8. The number of aryl methyl sites for hydroxylation is 1. The molecule has 174 valence electrons. The SMILES string of the molecule is Cc1cccc(CC(=O)N=C2S[C@H]3CS(=O)(=O)C[C@H]3N2c2ccc(Oc3ccccc3)cc2)c1. The Hall–Kier alpha value is -3.10. The molecule has 0 aromatic heterocycles. The van der Waals surface area contributed by atoms with E-state index in [4.69, 9.17) is 4.74 Å². The maximum absolute atomic E-state index is 12.8. The first kappa shape index (κ1) is 22.7. The molecule has 2 aliphatic heterocycles. The summed E-state index contributed by atoms with van der Waals surface area (Å²) < 4.78 is 30.5. The van der Waals surface area contributed by atoms with Crippen LogP contribution in [0.3, 0.4) is 0 Å². The number of thioether (sulfide) groups is 1. The molecular formula is C26H24N2O4S2. The fourth-order valence-electron chi connectivity index (χ4n) is 4.31. The van der Waals surface area contributed by atoms with Gasteiger partial charge in [0.1, 0.15) is 11.5 Å². The minimum atomic E-state index is -3.13. The molecular weight excluding hydrogens is 468 g/mol. The average molecular weight is 493 g/mol. The predicted molar refractivity (Wildman–Crippen MR) is 137 cm³/mol. The zero-order valence-electron chi connectivity index (χ0n) is 18.6. The minimum Gasteiger partial charge on any atom is -0.457 e. The quantitative estimate of drug-likeness (QED) is 0.517. The molecule has 0 bridgehead atoms. The number of hydrogen-bond acceptors (Lipinski definition) is 5. The normalized spacial score (nSPS) is 22.0. The van der Waals surface area contributed by atoms with Gasteiger partial charge in [-0.05, 0) is 48.9 Å². The second kappa shape index (κ2) is 9.27. The van der Waals surface area contributed by atoms with Crippen LogP contribution < -0.4 is 9.64 Å². The van der Waals surface area contributed by atoms with Crippen LogP contribution in [0.1, 0.15) is 11.1 Å². The fraction of sp³-hybridized carbons (Fsp3) is 0.231. The van der Waals surface area contributed by atoms with Crippen LogP contribution in [0, 0.1) is 6.92 Å². The molecule has 0 saturated carbocycles. The van der Waals surface area contributed by atoms with Gasteiger partial charge < -0.3 is 9.64 Å². The van der Waals surface area contributed by atoms with E-state index in [1.807, 2.05) is 90.7 Å². The second-order valence-corrected chi connectivity index (χ2v) is 11.9. The molecule has 1 amide bonds. The molecule has 0 unspecified atom stereocenters. The van der Waals surface area contributed by atoms with E-state index in [0.29, 0.717) is 10.9 Å². The van der Waals surface area contributed by atoms with E-state index in [1.54, 1.807) is 0 Å². The molecule has 5 rings (SSSR count). The summed E-state index contributed by atoms with van der Waals surface area (Å²) in [6.45, 7) is 1.99. The molecule has 0 aliphatic carbocycles. The number of benzene rings is 3. The number of carbonyl (C=O) groups excluding carboxylic acids is 1. The van der Waals surface area contributed by atoms with Gasteiger partial charge in [0, 0.05) is 10.9 Å². The number of anilines is 1. The predicted octanol–water partition coefficient (Wildman–Crippen LogP) is 4.63. The van der Waals surface area contributed by atoms with Gasteiger partial charge in [-0.25, -0.2) is 8.42 Å². The van der Waals surface area contributed by atoms with Crippen molar-refractivity contribution >= 4 is 38.4 Å². The molecule has 34 heavy (non-hydrogen) atoms. The van der Waals surface area contributed by atoms with Gasteiger partial charge in [0.15, 0.2) is 15.0 Å². The van der Waals surface area contributed by atoms with E-state index in [1.165, 1.54) is 11.8 Å². The Labute approximate surface area is 203 Å². The Balaban J connectivity index is 1.40. The molecule has 2 atom stereocenters. The van der Waals surface area contributed by atoms with Gasteiger partial charge >= 0.3 is 0 Å². The van der Waals surface area contributed by atoms with Crippen LogP contribution >= 0.6 is 11.8 Å². The van der Waals surface area contributed by atoms with Gasteiger partial charge in [-0.3, -0.25) is 4.79 Å². The number of sulfone groups is 1. The third kappa shape index (κ3) is 5.03. The third-order valence-electron chi connectivity index (χ3n) is 5.82. The summed E-state index contributed by atoms with van der Waals surface area (Å²) in [4.78, 5) is 19.1. The van der Waals surface area contributed by atoms with Crippen LogP contribution in [0.15, 0.2) is 83.9 Å². The summed E-state index contributed by atoms with van der Waals surface area (Å²) in [6, 6.07) is 24.5. The monoisotopic (exact) mass is 492 g/mol. The van der Waals surface area contributed by atoms with Gasteiger partial charge in [-0.1, -0.05) is 59.8 Å². The number of nitrogens with zero attached hydrogens (tertiary/aromatic N) is 2. The minimum absolute atomic E-state index is 0.0536. The molecule has 8 heteroatoms. The van der Waals surface area contributed by atoms with Crippen LogP contribution in [0.2, 0.25) is 0 Å². The Morgan fingerprint density at radius 2 is 1.74 bits per heavy atom. The molecule has 0 N–H and O–H groups in total. The van der Waals surface area contributed by atoms with Crippen LogP contribution in [0.4, 0.5) is 5.69 Å². The van der Waals surface area contributed by atoms with Crippen molar-refractivity contribution < 1.29 is 17.9 Å². The number of fused-ring (bicyclic) bond motifs is 1. The highest BCUT2D eigenvalue weighted by Gasteiger charge is 2.49. The number of amidine groups is 1. The zero-order chi connectivity index (χ0) is 23.7. The molecule has 3 aromatic rings. The molecule has 2 heterocycles. The lowest BCUT2D eigenvalue weighted by Crippen LogP contribution is -2.37. The second-order valence-electron chi connectivity index (χ2n) is 8.53. The van der Waals surface area contributed by atoms with Gasteiger partial charge in [0.05, 0.1) is 24.0 Å². The number of carbonyl (C=O) groups is 1. The van der Waals surface area contributed by atoms with Crippen LogP contribution in [-0.4, -0.2) is 42.3 Å². The zero-order valence-corrected chi connectivity index (χ0v) is 20.3. The Morgan fingerprint density at radius 3 is 2.47 bits per heavy atom. The van der Waals surface area contributed by atoms with Crippen molar-refractivity contribution in [2.24, 2.45) is 4.99 Å². The highest BCUT2D eigenvalue weighted by molar-refractivity contribution is 8.16. The Morgan fingerprint density at radius 1 is 1.00 bits per heavy atom. The van der Waals surface area contributed by atoms with E-state index in [0.717, 1.165) is 22.6 Å². The van der Waals surface area contributed by atoms with Crippen molar-refractivity contribution in [1.29, 1.82) is 0 Å². The van der Waals surface area contributed by atoms with Crippen LogP contribution in [0.5, 0.6) is 11.5 Å². The summed E-state index contributed by atoms with van der Waals surface area (Å²) in [7, 11) is -3.13. The smallest absolute Gasteiger partial charge is 0.252 e. The fourth-order valence-corrected chi connectivity index (χ4v) is 8.24. The lowest BCUT2D eigenvalue weighted by molar-refractivity contribution is -0.117. The summed E-state index contributed by atoms with van der Waals surface area (Å²) in [5.41, 5.74) is 2.79. The maximum Gasteiger partial charge on any atom is 0.252 e. The van der Waals surface area contributed by atoms with Crippen LogP contribution in [-0.2, 0) is 21.1 Å². The van der Waals surface area contributed by atoms with Crippen molar-refractivity contribution in [3.8, 4) is 11.5 Å². The van der Waals surface area contributed by atoms with Crippen molar-refractivity contribution in [2.75, 3.05) is 16.4 Å². The topological polar surface area (TPSA) is 76.0 Å². The van der Waals surface area contributed by atoms with Gasteiger partial charge in [0.2, 0.25) is 0 Å². The van der Waals surface area contributed by atoms with E-state index < -0.39 is 9.84 Å². The first-order chi connectivity index (χ1) is 16.4. The number of rotatable bonds is 5. The number of ether oxygens (including phenoxy) is 1. The number of hydrogen-bond donors (Lipinski definition) is 0. The van der Waals surface area contributed by atoms with Gasteiger partial charge in [-0.15, -0.1) is 0 Å². The summed E-state index contributed by atoms with van der Waals surface area (Å²) >= 11 is 1.38. The van der Waals surface area contributed by atoms with E-state index in [9.17, 15) is 13.2 Å². The largest absolute Gasteiger partial charge is 0.457 e. The van der Waals surface area contributed by atoms with E-state index in [2.05, 4.69) is 4.99 Å². The molecule has 2 aliphatic rings. The summed E-state index contributed by atoms with van der Waals surface area (Å²) in [6.07, 6.45) is 0.205. The number of para-hydroxylation sites is 1. The molecule has 6 nitrogen and oxygen atoms in total. The van der Waals surface area contributed by atoms with Crippen molar-refractivity contribution in [3.05, 3.63) is 90.0 Å². The summed E-state index contributed by atoms with van der Waals surface area (Å²) in [5.74, 6) is 1.31. The molecule has 0 spiro atoms. The standard InChI is InChI=1S/C26H24N2O4S2/c1-18-6-5-7-19(14-18)15-25(29)27-26-28(23-16-34(30,31)17-24(23)33-26)20-10-12-22(13-11-20)32-21-8-3-2-4-9-21/h2-14,23-24H,15-17H2,1H3/t23-,24+/m1/s1. The Bertz CT molecular complexity index is 1340. The van der Waals surface area contributed by atoms with E-state index in [-0.39, 0.29) is 35.1 Å². The lowest BCUT2D eigenvalue weighted by Gasteiger charge is -2.24. The van der Waals surface area contributed by atoms with Gasteiger partial charge in [-0.2, -0.15) is 4.99 Å². The lowest BCUT2D eigenvalue weighted by atomic mass is 10.1. The first-order valence-corrected chi connectivity index (χ1v) is 13.7. The van der Waals surface area contributed by atoms with E-state index >= 15 is 0 Å². The van der Waals surface area contributed by atoms with Crippen molar-refractivity contribution in [3.63, 3.8) is 0 Å². The number of amides is 1. The number of aliphatic imine (C=N–C) groups is 1. The molecule has 3 aromatic carbocycles.